The van der Waals surface area contributed by atoms with Crippen LogP contribution in [0.15, 0.2) is 18.7 Å². The molecule has 14 heavy (non-hydrogen) atoms. The summed E-state index contributed by atoms with van der Waals surface area (Å²) < 4.78 is 49.3. The number of rotatable bonds is 1. The topological polar surface area (TPSA) is 20.2 Å². The number of benzene rings is 1. The van der Waals surface area contributed by atoms with Gasteiger partial charge in [0.2, 0.25) is 0 Å². The van der Waals surface area contributed by atoms with Gasteiger partial charge in [0.05, 0.1) is 0 Å². The average Bonchev–Trinajstić information content (AvgIpc) is 2.07. The lowest BCUT2D eigenvalue weighted by Crippen LogP contribution is -2.06. The Morgan fingerprint density at radius 3 is 2.29 bits per heavy atom. The van der Waals surface area contributed by atoms with E-state index in [0.717, 1.165) is 12.1 Å². The second-order valence-corrected chi connectivity index (χ2v) is 2.60. The summed E-state index contributed by atoms with van der Waals surface area (Å²) in [4.78, 5) is 0. The Kier molecular flexibility index (Phi) is 2.51. The fourth-order valence-electron chi connectivity index (χ4n) is 0.954. The van der Waals surface area contributed by atoms with Crippen LogP contribution < -0.4 is 0 Å². The maximum Gasteiger partial charge on any atom is 0.420 e. The van der Waals surface area contributed by atoms with Crippen molar-refractivity contribution >= 4 is 6.08 Å². The third-order valence-electron chi connectivity index (χ3n) is 1.63. The van der Waals surface area contributed by atoms with Crippen LogP contribution in [0.25, 0.3) is 6.08 Å². The summed E-state index contributed by atoms with van der Waals surface area (Å²) in [6.07, 6.45) is -3.71. The average molecular weight is 206 g/mol. The Morgan fingerprint density at radius 1 is 1.29 bits per heavy atom. The van der Waals surface area contributed by atoms with Crippen molar-refractivity contribution in [3.63, 3.8) is 0 Å². The van der Waals surface area contributed by atoms with Crippen molar-refractivity contribution in [2.75, 3.05) is 0 Å². The number of alkyl halides is 3. The lowest BCUT2D eigenvalue weighted by molar-refractivity contribution is -0.139. The van der Waals surface area contributed by atoms with Crippen LogP contribution in [-0.2, 0) is 6.18 Å². The van der Waals surface area contributed by atoms with E-state index in [1.54, 1.807) is 0 Å². The SMILES string of the molecule is C=Cc1cc(F)c(O)c(C(F)(F)F)c1. The molecule has 0 heterocycles. The van der Waals surface area contributed by atoms with Gasteiger partial charge in [0.25, 0.3) is 0 Å². The molecule has 1 nitrogen and oxygen atoms in total. The smallest absolute Gasteiger partial charge is 0.420 e. The van der Waals surface area contributed by atoms with E-state index in [1.165, 1.54) is 0 Å². The van der Waals surface area contributed by atoms with Crippen molar-refractivity contribution in [1.82, 2.24) is 0 Å². The fraction of sp³-hybridized carbons (Fsp3) is 0.111. The molecule has 1 aromatic rings. The van der Waals surface area contributed by atoms with Gasteiger partial charge in [0, 0.05) is 0 Å². The molecule has 0 aromatic heterocycles. The van der Waals surface area contributed by atoms with Gasteiger partial charge in [-0.15, -0.1) is 0 Å². The van der Waals surface area contributed by atoms with Crippen LogP contribution in [-0.4, -0.2) is 5.11 Å². The van der Waals surface area contributed by atoms with E-state index in [-0.39, 0.29) is 5.56 Å². The lowest BCUT2D eigenvalue weighted by Gasteiger charge is -2.10. The number of aromatic hydroxyl groups is 1. The molecular formula is C9H6F4O. The van der Waals surface area contributed by atoms with E-state index < -0.39 is 23.3 Å². The first-order valence-corrected chi connectivity index (χ1v) is 3.58. The minimum atomic E-state index is -4.77. The van der Waals surface area contributed by atoms with E-state index in [0.29, 0.717) is 6.07 Å². The third-order valence-corrected chi connectivity index (χ3v) is 1.63. The van der Waals surface area contributed by atoms with Gasteiger partial charge in [-0.2, -0.15) is 13.2 Å². The molecule has 0 aliphatic rings. The first-order valence-electron chi connectivity index (χ1n) is 3.58. The maximum atomic E-state index is 12.8. The molecule has 0 saturated heterocycles. The van der Waals surface area contributed by atoms with Crippen molar-refractivity contribution in [2.45, 2.75) is 6.18 Å². The molecule has 0 unspecified atom stereocenters. The molecule has 0 bridgehead atoms. The molecule has 0 amide bonds. The molecule has 1 rings (SSSR count). The van der Waals surface area contributed by atoms with Crippen molar-refractivity contribution in [3.8, 4) is 5.75 Å². The largest absolute Gasteiger partial charge is 0.504 e. The molecule has 76 valence electrons. The predicted molar refractivity (Wildman–Crippen MR) is 43.2 cm³/mol. The zero-order valence-electron chi connectivity index (χ0n) is 6.90. The molecule has 0 radical (unpaired) electrons. The Labute approximate surface area is 77.3 Å². The van der Waals surface area contributed by atoms with E-state index in [9.17, 15) is 17.6 Å². The first-order chi connectivity index (χ1) is 6.36. The predicted octanol–water partition coefficient (Wildman–Crippen LogP) is 3.19. The van der Waals surface area contributed by atoms with Crippen LogP contribution >= 0.6 is 0 Å². The van der Waals surface area contributed by atoms with Gasteiger partial charge in [-0.05, 0) is 17.7 Å². The van der Waals surface area contributed by atoms with Gasteiger partial charge in [0.15, 0.2) is 11.6 Å². The molecule has 0 spiro atoms. The highest BCUT2D eigenvalue weighted by Crippen LogP contribution is 2.37. The van der Waals surface area contributed by atoms with Crippen molar-refractivity contribution in [2.24, 2.45) is 0 Å². The minimum absolute atomic E-state index is 0.0346. The van der Waals surface area contributed by atoms with Crippen molar-refractivity contribution in [3.05, 3.63) is 35.7 Å². The third kappa shape index (κ3) is 1.86. The zero-order chi connectivity index (χ0) is 10.9. The molecule has 0 fully saturated rings. The van der Waals surface area contributed by atoms with E-state index >= 15 is 0 Å². The Balaban J connectivity index is 3.42. The summed E-state index contributed by atoms with van der Waals surface area (Å²) in [6.45, 7) is 3.21. The second-order valence-electron chi connectivity index (χ2n) is 2.60. The Morgan fingerprint density at radius 2 is 1.86 bits per heavy atom. The number of halogens is 4. The summed E-state index contributed by atoms with van der Waals surface area (Å²) in [5, 5.41) is 8.82. The van der Waals surface area contributed by atoms with Gasteiger partial charge in [-0.3, -0.25) is 0 Å². The Hall–Kier alpha value is -1.52. The van der Waals surface area contributed by atoms with Crippen LogP contribution in [0.5, 0.6) is 5.75 Å². The van der Waals surface area contributed by atoms with Crippen LogP contribution in [0.2, 0.25) is 0 Å². The van der Waals surface area contributed by atoms with Gasteiger partial charge < -0.3 is 5.11 Å². The van der Waals surface area contributed by atoms with Gasteiger partial charge in [0.1, 0.15) is 5.56 Å². The van der Waals surface area contributed by atoms with Gasteiger partial charge in [-0.25, -0.2) is 4.39 Å². The van der Waals surface area contributed by atoms with Crippen LogP contribution in [0.1, 0.15) is 11.1 Å². The minimum Gasteiger partial charge on any atom is -0.504 e. The van der Waals surface area contributed by atoms with E-state index in [2.05, 4.69) is 6.58 Å². The number of hydrogen-bond donors (Lipinski definition) is 1. The number of hydrogen-bond acceptors (Lipinski definition) is 1. The molecule has 0 saturated carbocycles. The molecule has 5 heteroatoms. The molecule has 0 aliphatic heterocycles. The summed E-state index contributed by atoms with van der Waals surface area (Å²) in [5.74, 6) is -2.70. The molecule has 1 aromatic carbocycles. The van der Waals surface area contributed by atoms with Crippen LogP contribution in [0.4, 0.5) is 17.6 Å². The van der Waals surface area contributed by atoms with E-state index in [1.807, 2.05) is 0 Å². The normalized spacial score (nSPS) is 11.4. The zero-order valence-corrected chi connectivity index (χ0v) is 6.90. The lowest BCUT2D eigenvalue weighted by atomic mass is 10.1. The van der Waals surface area contributed by atoms with Gasteiger partial charge in [-0.1, -0.05) is 12.7 Å². The maximum absolute atomic E-state index is 12.8. The first kappa shape index (κ1) is 10.6. The van der Waals surface area contributed by atoms with Crippen molar-refractivity contribution < 1.29 is 22.7 Å². The second kappa shape index (κ2) is 3.32. The molecule has 1 N–H and O–H groups in total. The summed E-state index contributed by atoms with van der Waals surface area (Å²) in [5.41, 5.74) is -1.43. The number of phenolic OH excluding ortho intramolecular Hbond substituents is 1. The van der Waals surface area contributed by atoms with Crippen molar-refractivity contribution in [1.29, 1.82) is 0 Å². The molecular weight excluding hydrogens is 200 g/mol. The highest BCUT2D eigenvalue weighted by Gasteiger charge is 2.35. The summed E-state index contributed by atoms with van der Waals surface area (Å²) >= 11 is 0. The monoisotopic (exact) mass is 206 g/mol. The van der Waals surface area contributed by atoms with Crippen LogP contribution in [0, 0.1) is 5.82 Å². The quantitative estimate of drug-likeness (QED) is 0.699. The highest BCUT2D eigenvalue weighted by atomic mass is 19.4. The summed E-state index contributed by atoms with van der Waals surface area (Å²) in [6, 6.07) is 1.41. The molecule has 0 aliphatic carbocycles. The standard InChI is InChI=1S/C9H6F4O/c1-2-5-3-6(9(11,12)13)8(14)7(10)4-5/h2-4,14H,1H2. The summed E-state index contributed by atoms with van der Waals surface area (Å²) in [7, 11) is 0. The molecule has 0 atom stereocenters. The fourth-order valence-corrected chi connectivity index (χ4v) is 0.954. The van der Waals surface area contributed by atoms with Gasteiger partial charge >= 0.3 is 6.18 Å². The van der Waals surface area contributed by atoms with Crippen LogP contribution in [0.3, 0.4) is 0 Å². The Bertz CT molecular complexity index is 368. The van der Waals surface area contributed by atoms with E-state index in [4.69, 9.17) is 5.11 Å². The highest BCUT2D eigenvalue weighted by molar-refractivity contribution is 5.52. The number of phenols is 1.